The van der Waals surface area contributed by atoms with Crippen molar-refractivity contribution in [3.63, 3.8) is 0 Å². The van der Waals surface area contributed by atoms with E-state index in [1.807, 2.05) is 30.3 Å². The van der Waals surface area contributed by atoms with Crippen molar-refractivity contribution in [2.75, 3.05) is 19.7 Å². The largest absolute Gasteiger partial charge is 0.466 e. The molecule has 188 valence electrons. The summed E-state index contributed by atoms with van der Waals surface area (Å²) in [6.07, 6.45) is 8.09. The van der Waals surface area contributed by atoms with Crippen LogP contribution in [-0.2, 0) is 25.5 Å². The lowest BCUT2D eigenvalue weighted by molar-refractivity contribution is -0.147. The predicted molar refractivity (Wildman–Crippen MR) is 135 cm³/mol. The Balaban J connectivity index is 1.14. The van der Waals surface area contributed by atoms with Crippen molar-refractivity contribution in [3.05, 3.63) is 35.9 Å². The maximum atomic E-state index is 13.4. The fourth-order valence-corrected chi connectivity index (χ4v) is 7.49. The molecular weight excluding hydrogens is 462 g/mol. The molecule has 7 nitrogen and oxygen atoms in total. The van der Waals surface area contributed by atoms with E-state index in [0.29, 0.717) is 37.5 Å². The fourth-order valence-electron chi connectivity index (χ4n) is 7.17. The fraction of sp³-hybridized carbons (Fsp3) is 0.630. The zero-order valence-electron chi connectivity index (χ0n) is 20.2. The minimum absolute atomic E-state index is 0.00909. The number of hydrogen-bond acceptors (Lipinski definition) is 5. The number of benzene rings is 1. The van der Waals surface area contributed by atoms with E-state index in [1.54, 1.807) is 4.90 Å². The molecule has 1 unspecified atom stereocenters. The van der Waals surface area contributed by atoms with Gasteiger partial charge in [-0.1, -0.05) is 30.3 Å². The molecule has 4 aliphatic carbocycles. The number of aryl methyl sites for hydroxylation is 1. The van der Waals surface area contributed by atoms with Gasteiger partial charge in [0.05, 0.1) is 18.4 Å². The summed E-state index contributed by atoms with van der Waals surface area (Å²) < 4.78 is 5.41. The summed E-state index contributed by atoms with van der Waals surface area (Å²) in [5, 5.41) is 6.05. The van der Waals surface area contributed by atoms with E-state index in [1.165, 1.54) is 24.8 Å². The van der Waals surface area contributed by atoms with E-state index in [4.69, 9.17) is 17.0 Å². The molecule has 1 aromatic rings. The molecule has 2 amide bonds. The molecule has 1 heterocycles. The molecular formula is C27H35N3O4S. The van der Waals surface area contributed by atoms with Crippen LogP contribution < -0.4 is 10.6 Å². The van der Waals surface area contributed by atoms with E-state index in [-0.39, 0.29) is 28.8 Å². The van der Waals surface area contributed by atoms with Crippen LogP contribution in [0.1, 0.15) is 56.9 Å². The van der Waals surface area contributed by atoms with Crippen LogP contribution >= 0.6 is 12.2 Å². The average molecular weight is 498 g/mol. The van der Waals surface area contributed by atoms with Crippen LogP contribution in [0.5, 0.6) is 0 Å². The summed E-state index contributed by atoms with van der Waals surface area (Å²) in [5.41, 5.74) is 0.880. The lowest BCUT2D eigenvalue weighted by Crippen LogP contribution is -2.62. The van der Waals surface area contributed by atoms with Gasteiger partial charge in [-0.15, -0.1) is 0 Å². The zero-order chi connectivity index (χ0) is 24.4. The van der Waals surface area contributed by atoms with Crippen LogP contribution in [0.2, 0.25) is 0 Å². The van der Waals surface area contributed by atoms with Crippen LogP contribution in [0.3, 0.4) is 0 Å². The Kier molecular flexibility index (Phi) is 7.09. The van der Waals surface area contributed by atoms with Crippen molar-refractivity contribution >= 4 is 35.1 Å². The first-order chi connectivity index (χ1) is 16.9. The van der Waals surface area contributed by atoms with Gasteiger partial charge in [0.25, 0.3) is 0 Å². The third-order valence-electron chi connectivity index (χ3n) is 8.41. The van der Waals surface area contributed by atoms with Gasteiger partial charge in [0, 0.05) is 13.1 Å². The number of ether oxygens (including phenoxy) is 1. The standard InChI is InChI=1S/C27H35N3O4S/c31-23(34-10-4-7-18-5-2-1-3-6-18)14-22-24(32)28-8-9-30(22)26(35)29-25(33)27-15-19-11-20(16-27)13-21(12-19)17-27/h1-3,5-6,19-22H,4,7-17H2,(H,28,32)(H,29,33,35). The van der Waals surface area contributed by atoms with E-state index in [0.717, 1.165) is 32.1 Å². The number of hydrogen-bond donors (Lipinski definition) is 2. The van der Waals surface area contributed by atoms with Crippen molar-refractivity contribution in [1.29, 1.82) is 0 Å². The van der Waals surface area contributed by atoms with Crippen molar-refractivity contribution in [3.8, 4) is 0 Å². The molecule has 5 fully saturated rings. The average Bonchev–Trinajstić information content (AvgIpc) is 2.83. The summed E-state index contributed by atoms with van der Waals surface area (Å²) in [5.74, 6) is 1.29. The summed E-state index contributed by atoms with van der Waals surface area (Å²) >= 11 is 5.61. The van der Waals surface area contributed by atoms with Gasteiger partial charge in [-0.2, -0.15) is 0 Å². The second-order valence-corrected chi connectivity index (χ2v) is 11.4. The van der Waals surface area contributed by atoms with Gasteiger partial charge in [0.15, 0.2) is 5.11 Å². The molecule has 35 heavy (non-hydrogen) atoms. The first kappa shape index (κ1) is 24.2. The highest BCUT2D eigenvalue weighted by atomic mass is 32.1. The molecule has 1 aliphatic heterocycles. The quantitative estimate of drug-likeness (QED) is 0.342. The second kappa shape index (κ2) is 10.2. The van der Waals surface area contributed by atoms with E-state index in [9.17, 15) is 14.4 Å². The van der Waals surface area contributed by atoms with Gasteiger partial charge in [0.1, 0.15) is 6.04 Å². The normalized spacial score (nSPS) is 31.1. The molecule has 1 aromatic carbocycles. The lowest BCUT2D eigenvalue weighted by atomic mass is 9.49. The third kappa shape index (κ3) is 5.37. The third-order valence-corrected chi connectivity index (χ3v) is 8.74. The van der Waals surface area contributed by atoms with E-state index >= 15 is 0 Å². The highest BCUT2D eigenvalue weighted by Gasteiger charge is 2.55. The number of nitrogens with one attached hydrogen (secondary N) is 2. The Bertz CT molecular complexity index is 947. The molecule has 0 aromatic heterocycles. The molecule has 2 N–H and O–H groups in total. The van der Waals surface area contributed by atoms with Crippen LogP contribution in [0.4, 0.5) is 0 Å². The second-order valence-electron chi connectivity index (χ2n) is 11.0. The first-order valence-electron chi connectivity index (χ1n) is 13.0. The van der Waals surface area contributed by atoms with Crippen molar-refractivity contribution < 1.29 is 19.1 Å². The Labute approximate surface area is 212 Å². The molecule has 0 radical (unpaired) electrons. The Hall–Kier alpha value is -2.48. The number of carbonyl (C=O) groups excluding carboxylic acids is 3. The molecule has 1 atom stereocenters. The van der Waals surface area contributed by atoms with Crippen LogP contribution in [0, 0.1) is 23.2 Å². The molecule has 4 saturated carbocycles. The highest BCUT2D eigenvalue weighted by Crippen LogP contribution is 2.60. The summed E-state index contributed by atoms with van der Waals surface area (Å²) in [4.78, 5) is 40.3. The smallest absolute Gasteiger partial charge is 0.308 e. The van der Waals surface area contributed by atoms with E-state index < -0.39 is 12.0 Å². The Morgan fingerprint density at radius 3 is 2.40 bits per heavy atom. The molecule has 4 bridgehead atoms. The molecule has 5 aliphatic rings. The van der Waals surface area contributed by atoms with Crippen LogP contribution in [0.15, 0.2) is 30.3 Å². The van der Waals surface area contributed by atoms with Crippen molar-refractivity contribution in [1.82, 2.24) is 15.5 Å². The van der Waals surface area contributed by atoms with Crippen molar-refractivity contribution in [2.45, 2.75) is 63.8 Å². The zero-order valence-corrected chi connectivity index (χ0v) is 21.0. The van der Waals surface area contributed by atoms with Crippen LogP contribution in [-0.4, -0.2) is 53.5 Å². The van der Waals surface area contributed by atoms with Gasteiger partial charge in [-0.25, -0.2) is 0 Å². The van der Waals surface area contributed by atoms with Crippen LogP contribution in [0.25, 0.3) is 0 Å². The minimum Gasteiger partial charge on any atom is -0.466 e. The number of thiocarbonyl (C=S) groups is 1. The molecule has 0 spiro atoms. The minimum atomic E-state index is -0.769. The number of nitrogens with zero attached hydrogens (tertiary/aromatic N) is 1. The summed E-state index contributed by atoms with van der Waals surface area (Å²) in [6.45, 7) is 1.18. The highest BCUT2D eigenvalue weighted by molar-refractivity contribution is 7.80. The predicted octanol–water partition coefficient (Wildman–Crippen LogP) is 2.97. The SMILES string of the molecule is O=C(CC1C(=O)NCCN1C(=S)NC(=O)C12CC3CC(CC(C3)C1)C2)OCCCc1ccccc1. The topological polar surface area (TPSA) is 87.7 Å². The lowest BCUT2D eigenvalue weighted by Gasteiger charge is -2.55. The number of amides is 2. The molecule has 1 saturated heterocycles. The molecule has 6 rings (SSSR count). The van der Waals surface area contributed by atoms with Gasteiger partial charge in [-0.3, -0.25) is 14.4 Å². The van der Waals surface area contributed by atoms with Gasteiger partial charge in [0.2, 0.25) is 11.8 Å². The van der Waals surface area contributed by atoms with Crippen molar-refractivity contribution in [2.24, 2.45) is 23.2 Å². The number of carbonyl (C=O) groups is 3. The Morgan fingerprint density at radius 1 is 1.09 bits per heavy atom. The monoisotopic (exact) mass is 497 g/mol. The van der Waals surface area contributed by atoms with Gasteiger partial charge < -0.3 is 20.3 Å². The molecule has 8 heteroatoms. The summed E-state index contributed by atoms with van der Waals surface area (Å²) in [7, 11) is 0. The maximum absolute atomic E-state index is 13.4. The number of rotatable bonds is 7. The van der Waals surface area contributed by atoms with E-state index in [2.05, 4.69) is 10.6 Å². The first-order valence-corrected chi connectivity index (χ1v) is 13.4. The number of piperazine rings is 1. The van der Waals surface area contributed by atoms with Gasteiger partial charge >= 0.3 is 5.97 Å². The number of esters is 1. The maximum Gasteiger partial charge on any atom is 0.308 e. The van der Waals surface area contributed by atoms with Gasteiger partial charge in [-0.05, 0) is 86.9 Å². The Morgan fingerprint density at radius 2 is 1.74 bits per heavy atom. The summed E-state index contributed by atoms with van der Waals surface area (Å²) in [6, 6.07) is 9.27.